The van der Waals surface area contributed by atoms with Crippen LogP contribution in [0.3, 0.4) is 0 Å². The van der Waals surface area contributed by atoms with E-state index in [-0.39, 0.29) is 0 Å². The van der Waals surface area contributed by atoms with Crippen LogP contribution in [0.1, 0.15) is 0 Å². The monoisotopic (exact) mass is 308 g/mol. The van der Waals surface area contributed by atoms with Gasteiger partial charge < -0.3 is 15.6 Å². The summed E-state index contributed by atoms with van der Waals surface area (Å²) >= 11 is 12.0. The first-order valence-electron chi connectivity index (χ1n) is 5.78. The summed E-state index contributed by atoms with van der Waals surface area (Å²) in [5.41, 5.74) is 1.97. The first-order chi connectivity index (χ1) is 9.67. The van der Waals surface area contributed by atoms with Crippen LogP contribution in [0, 0.1) is 0 Å². The second-order valence-electron chi connectivity index (χ2n) is 4.00. The van der Waals surface area contributed by atoms with E-state index in [1.54, 1.807) is 31.6 Å². The van der Waals surface area contributed by atoms with Crippen molar-refractivity contribution in [2.75, 3.05) is 17.7 Å². The molecule has 6 nitrogen and oxygen atoms in total. The molecule has 0 aliphatic rings. The summed E-state index contributed by atoms with van der Waals surface area (Å²) in [5.74, 6) is 1.05. The summed E-state index contributed by atoms with van der Waals surface area (Å²) in [6.07, 6.45) is 1.56. The number of aromatic amines is 1. The second kappa shape index (κ2) is 5.15. The van der Waals surface area contributed by atoms with Crippen LogP contribution in [-0.2, 0) is 0 Å². The Morgan fingerprint density at radius 3 is 2.80 bits per heavy atom. The highest BCUT2D eigenvalue weighted by Crippen LogP contribution is 2.29. The van der Waals surface area contributed by atoms with E-state index in [1.165, 1.54) is 0 Å². The summed E-state index contributed by atoms with van der Waals surface area (Å²) in [6.45, 7) is 0. The number of halogens is 2. The fourth-order valence-corrected chi connectivity index (χ4v) is 2.21. The van der Waals surface area contributed by atoms with Crippen LogP contribution in [-0.4, -0.2) is 27.0 Å². The summed E-state index contributed by atoms with van der Waals surface area (Å²) in [4.78, 5) is 15.7. The van der Waals surface area contributed by atoms with Gasteiger partial charge in [-0.3, -0.25) is 0 Å². The van der Waals surface area contributed by atoms with Crippen molar-refractivity contribution in [3.63, 3.8) is 0 Å². The van der Waals surface area contributed by atoms with Gasteiger partial charge in [-0.1, -0.05) is 23.2 Å². The summed E-state index contributed by atoms with van der Waals surface area (Å²) in [7, 11) is 1.74. The van der Waals surface area contributed by atoms with Crippen molar-refractivity contribution in [3.05, 3.63) is 34.6 Å². The van der Waals surface area contributed by atoms with E-state index in [4.69, 9.17) is 23.2 Å². The number of hydrogen-bond acceptors (Lipinski definition) is 5. The van der Waals surface area contributed by atoms with Crippen molar-refractivity contribution in [1.29, 1.82) is 0 Å². The SMILES string of the molecule is CNc1nc(Nc2ccc(Cl)cc2Cl)c2[nH]cnc2n1. The number of fused-ring (bicyclic) bond motifs is 1. The summed E-state index contributed by atoms with van der Waals surface area (Å²) in [5, 5.41) is 7.12. The standard InChI is InChI=1S/C12H10Cl2N6/c1-15-12-19-10-9(16-5-17-10)11(20-12)18-8-3-2-6(13)4-7(8)14/h2-5H,1H3,(H3,15,16,17,18,19,20). The maximum atomic E-state index is 6.15. The first-order valence-corrected chi connectivity index (χ1v) is 6.54. The van der Waals surface area contributed by atoms with Gasteiger partial charge in [-0.15, -0.1) is 0 Å². The van der Waals surface area contributed by atoms with Crippen molar-refractivity contribution >= 4 is 51.8 Å². The maximum Gasteiger partial charge on any atom is 0.226 e. The summed E-state index contributed by atoms with van der Waals surface area (Å²) < 4.78 is 0. The molecule has 102 valence electrons. The maximum absolute atomic E-state index is 6.15. The molecule has 0 aliphatic carbocycles. The molecule has 0 unspecified atom stereocenters. The Hall–Kier alpha value is -2.05. The molecule has 0 radical (unpaired) electrons. The minimum atomic E-state index is 0.470. The van der Waals surface area contributed by atoms with Gasteiger partial charge >= 0.3 is 0 Å². The largest absolute Gasteiger partial charge is 0.357 e. The number of nitrogens with one attached hydrogen (secondary N) is 3. The predicted molar refractivity (Wildman–Crippen MR) is 81.0 cm³/mol. The third kappa shape index (κ3) is 2.35. The Balaban J connectivity index is 2.07. The number of aromatic nitrogens is 4. The zero-order chi connectivity index (χ0) is 14.1. The van der Waals surface area contributed by atoms with Crippen molar-refractivity contribution in [1.82, 2.24) is 19.9 Å². The molecule has 0 spiro atoms. The Kier molecular flexibility index (Phi) is 3.33. The Morgan fingerprint density at radius 2 is 2.05 bits per heavy atom. The lowest BCUT2D eigenvalue weighted by Gasteiger charge is -2.09. The van der Waals surface area contributed by atoms with E-state index >= 15 is 0 Å². The molecule has 3 rings (SSSR count). The fraction of sp³-hybridized carbons (Fsp3) is 0.0833. The molecule has 2 heterocycles. The molecule has 1 aromatic carbocycles. The number of imidazole rings is 1. The van der Waals surface area contributed by atoms with Gasteiger partial charge in [-0.2, -0.15) is 9.97 Å². The van der Waals surface area contributed by atoms with E-state index in [0.29, 0.717) is 38.7 Å². The highest BCUT2D eigenvalue weighted by molar-refractivity contribution is 6.36. The molecule has 2 aromatic heterocycles. The molecule has 0 bridgehead atoms. The molecular weight excluding hydrogens is 299 g/mol. The molecule has 0 aliphatic heterocycles. The van der Waals surface area contributed by atoms with Gasteiger partial charge in [0.05, 0.1) is 17.0 Å². The lowest BCUT2D eigenvalue weighted by molar-refractivity contribution is 1.18. The lowest BCUT2D eigenvalue weighted by atomic mass is 10.3. The van der Waals surface area contributed by atoms with Crippen LogP contribution in [0.2, 0.25) is 10.0 Å². The number of rotatable bonds is 3. The molecule has 8 heteroatoms. The average molecular weight is 309 g/mol. The van der Waals surface area contributed by atoms with Crippen molar-refractivity contribution < 1.29 is 0 Å². The van der Waals surface area contributed by atoms with Crippen molar-refractivity contribution in [2.45, 2.75) is 0 Å². The number of H-pyrrole nitrogens is 1. The average Bonchev–Trinajstić information content (AvgIpc) is 2.90. The molecule has 3 N–H and O–H groups in total. The number of anilines is 3. The number of hydrogen-bond donors (Lipinski definition) is 3. The van der Waals surface area contributed by atoms with Gasteiger partial charge in [0, 0.05) is 12.1 Å². The zero-order valence-corrected chi connectivity index (χ0v) is 11.9. The van der Waals surface area contributed by atoms with Crippen molar-refractivity contribution in [3.8, 4) is 0 Å². The lowest BCUT2D eigenvalue weighted by Crippen LogP contribution is -2.02. The van der Waals surface area contributed by atoms with Gasteiger partial charge in [-0.25, -0.2) is 4.98 Å². The molecule has 0 saturated heterocycles. The molecular formula is C12H10Cl2N6. The topological polar surface area (TPSA) is 78.5 Å². The Morgan fingerprint density at radius 1 is 1.20 bits per heavy atom. The van der Waals surface area contributed by atoms with E-state index in [2.05, 4.69) is 30.6 Å². The first kappa shape index (κ1) is 13.0. The molecule has 0 atom stereocenters. The highest BCUT2D eigenvalue weighted by atomic mass is 35.5. The van der Waals surface area contributed by atoms with E-state index in [1.807, 2.05) is 0 Å². The third-order valence-electron chi connectivity index (χ3n) is 2.69. The molecule has 0 fully saturated rings. The van der Waals surface area contributed by atoms with Crippen molar-refractivity contribution in [2.24, 2.45) is 0 Å². The number of benzene rings is 1. The van der Waals surface area contributed by atoms with Crippen LogP contribution in [0.5, 0.6) is 0 Å². The van der Waals surface area contributed by atoms with E-state index < -0.39 is 0 Å². The van der Waals surface area contributed by atoms with Crippen LogP contribution in [0.25, 0.3) is 11.2 Å². The molecule has 20 heavy (non-hydrogen) atoms. The normalized spacial score (nSPS) is 10.8. The van der Waals surface area contributed by atoms with Crippen LogP contribution in [0.15, 0.2) is 24.5 Å². The van der Waals surface area contributed by atoms with Gasteiger partial charge in [0.25, 0.3) is 0 Å². The molecule has 0 amide bonds. The highest BCUT2D eigenvalue weighted by Gasteiger charge is 2.11. The minimum absolute atomic E-state index is 0.470. The van der Waals surface area contributed by atoms with Gasteiger partial charge in [0.2, 0.25) is 5.95 Å². The van der Waals surface area contributed by atoms with Gasteiger partial charge in [0.15, 0.2) is 11.5 Å². The smallest absolute Gasteiger partial charge is 0.226 e. The quantitative estimate of drug-likeness (QED) is 0.690. The third-order valence-corrected chi connectivity index (χ3v) is 3.24. The molecule has 3 aromatic rings. The Labute approximate surface area is 124 Å². The Bertz CT molecular complexity index is 770. The van der Waals surface area contributed by atoms with Crippen LogP contribution < -0.4 is 10.6 Å². The zero-order valence-electron chi connectivity index (χ0n) is 10.4. The van der Waals surface area contributed by atoms with Gasteiger partial charge in [-0.05, 0) is 18.2 Å². The minimum Gasteiger partial charge on any atom is -0.357 e. The van der Waals surface area contributed by atoms with E-state index in [9.17, 15) is 0 Å². The van der Waals surface area contributed by atoms with E-state index in [0.717, 1.165) is 0 Å². The predicted octanol–water partition coefficient (Wildman–Crippen LogP) is 3.45. The second-order valence-corrected chi connectivity index (χ2v) is 4.84. The number of nitrogens with zero attached hydrogens (tertiary/aromatic N) is 3. The fourth-order valence-electron chi connectivity index (χ4n) is 1.75. The van der Waals surface area contributed by atoms with Crippen LogP contribution in [0.4, 0.5) is 17.5 Å². The van der Waals surface area contributed by atoms with Crippen LogP contribution >= 0.6 is 23.2 Å². The van der Waals surface area contributed by atoms with Gasteiger partial charge in [0.1, 0.15) is 5.52 Å². The summed E-state index contributed by atoms with van der Waals surface area (Å²) in [6, 6.07) is 5.20. The molecule has 0 saturated carbocycles.